The number of anilines is 1. The lowest BCUT2D eigenvalue weighted by molar-refractivity contribution is -0.113. The van der Waals surface area contributed by atoms with Crippen molar-refractivity contribution in [1.82, 2.24) is 20.1 Å². The van der Waals surface area contributed by atoms with Gasteiger partial charge in [0.05, 0.1) is 22.4 Å². The molecule has 0 radical (unpaired) electrons. The molecular formula is C25H28ClN5O2S. The number of allylic oxidation sites excluding steroid dienone is 1. The van der Waals surface area contributed by atoms with E-state index >= 15 is 0 Å². The Kier molecular flexibility index (Phi) is 8.90. The normalized spacial score (nSPS) is 11.8. The number of carbonyl (C=O) groups is 2. The molecule has 0 bridgehead atoms. The minimum atomic E-state index is -0.433. The van der Waals surface area contributed by atoms with E-state index < -0.39 is 6.04 Å². The van der Waals surface area contributed by atoms with E-state index in [1.807, 2.05) is 35.8 Å². The second-order valence-electron chi connectivity index (χ2n) is 7.99. The summed E-state index contributed by atoms with van der Waals surface area (Å²) in [6, 6.07) is 14.2. The molecule has 2 amide bonds. The van der Waals surface area contributed by atoms with Crippen molar-refractivity contribution in [3.8, 4) is 0 Å². The molecule has 0 saturated heterocycles. The molecule has 1 aromatic heterocycles. The van der Waals surface area contributed by atoms with E-state index in [0.717, 1.165) is 11.3 Å². The van der Waals surface area contributed by atoms with Crippen LogP contribution >= 0.6 is 23.4 Å². The van der Waals surface area contributed by atoms with Gasteiger partial charge in [0.25, 0.3) is 5.91 Å². The highest BCUT2D eigenvalue weighted by Crippen LogP contribution is 2.25. The third kappa shape index (κ3) is 6.27. The van der Waals surface area contributed by atoms with Gasteiger partial charge in [-0.1, -0.05) is 73.6 Å². The van der Waals surface area contributed by atoms with E-state index in [2.05, 4.69) is 41.3 Å². The van der Waals surface area contributed by atoms with Crippen molar-refractivity contribution in [1.29, 1.82) is 0 Å². The molecule has 3 rings (SSSR count). The number of amides is 2. The van der Waals surface area contributed by atoms with Crippen LogP contribution in [0.1, 0.15) is 54.5 Å². The van der Waals surface area contributed by atoms with Gasteiger partial charge in [-0.05, 0) is 36.6 Å². The molecule has 34 heavy (non-hydrogen) atoms. The van der Waals surface area contributed by atoms with Gasteiger partial charge in [0.15, 0.2) is 11.0 Å². The zero-order chi connectivity index (χ0) is 24.7. The van der Waals surface area contributed by atoms with Gasteiger partial charge in [-0.25, -0.2) is 0 Å². The van der Waals surface area contributed by atoms with Crippen molar-refractivity contribution < 1.29 is 9.59 Å². The molecule has 7 nitrogen and oxygen atoms in total. The minimum Gasteiger partial charge on any atom is -0.342 e. The average molecular weight is 498 g/mol. The van der Waals surface area contributed by atoms with Crippen molar-refractivity contribution in [2.75, 3.05) is 11.1 Å². The Morgan fingerprint density at radius 3 is 2.53 bits per heavy atom. The first-order valence-corrected chi connectivity index (χ1v) is 12.3. The van der Waals surface area contributed by atoms with Crippen LogP contribution < -0.4 is 10.6 Å². The fourth-order valence-electron chi connectivity index (χ4n) is 3.44. The van der Waals surface area contributed by atoms with Gasteiger partial charge in [0.1, 0.15) is 0 Å². The van der Waals surface area contributed by atoms with Crippen molar-refractivity contribution in [3.63, 3.8) is 0 Å². The summed E-state index contributed by atoms with van der Waals surface area (Å²) >= 11 is 7.42. The lowest BCUT2D eigenvalue weighted by Gasteiger charge is -2.16. The standard InChI is InChI=1S/C25H28ClN5O2S/c1-5-14-31-23(17(4)27-24(33)19-11-6-8-12-20(19)26)29-30-25(31)34-15-22(32)28-21-13-9-7-10-18(21)16(2)3/h5-13,16-17H,1,14-15H2,2-4H3,(H,27,33)(H,28,32)/t17-/m1/s1. The number of rotatable bonds is 10. The van der Waals surface area contributed by atoms with E-state index in [4.69, 9.17) is 11.6 Å². The number of halogens is 1. The summed E-state index contributed by atoms with van der Waals surface area (Å²) < 4.78 is 1.84. The van der Waals surface area contributed by atoms with Crippen molar-refractivity contribution in [2.24, 2.45) is 0 Å². The van der Waals surface area contributed by atoms with E-state index in [-0.39, 0.29) is 17.6 Å². The molecule has 178 valence electrons. The molecule has 2 aromatic carbocycles. The van der Waals surface area contributed by atoms with Crippen LogP contribution in [0.3, 0.4) is 0 Å². The molecule has 0 aliphatic heterocycles. The summed E-state index contributed by atoms with van der Waals surface area (Å²) in [7, 11) is 0. The van der Waals surface area contributed by atoms with Crippen LogP contribution in [-0.2, 0) is 11.3 Å². The van der Waals surface area contributed by atoms with Gasteiger partial charge in [-0.15, -0.1) is 16.8 Å². The summed E-state index contributed by atoms with van der Waals surface area (Å²) in [5, 5.41) is 15.4. The summed E-state index contributed by atoms with van der Waals surface area (Å²) in [6.45, 7) is 10.2. The molecule has 1 heterocycles. The molecular weight excluding hydrogens is 470 g/mol. The van der Waals surface area contributed by atoms with Crippen LogP contribution in [0.15, 0.2) is 66.3 Å². The molecule has 0 fully saturated rings. The number of thioether (sulfide) groups is 1. The summed E-state index contributed by atoms with van der Waals surface area (Å²) in [5.41, 5.74) is 2.28. The first-order chi connectivity index (χ1) is 16.3. The van der Waals surface area contributed by atoms with Crippen molar-refractivity contribution in [3.05, 3.63) is 83.2 Å². The predicted octanol–water partition coefficient (Wildman–Crippen LogP) is 5.46. The van der Waals surface area contributed by atoms with Crippen LogP contribution in [0, 0.1) is 0 Å². The molecule has 1 atom stereocenters. The Bertz CT molecular complexity index is 1180. The van der Waals surface area contributed by atoms with E-state index in [1.54, 1.807) is 30.3 Å². The van der Waals surface area contributed by atoms with E-state index in [9.17, 15) is 9.59 Å². The van der Waals surface area contributed by atoms with Gasteiger partial charge >= 0.3 is 0 Å². The molecule has 0 spiro atoms. The van der Waals surface area contributed by atoms with E-state index in [1.165, 1.54) is 11.8 Å². The third-order valence-corrected chi connectivity index (χ3v) is 6.40. The average Bonchev–Trinajstić information content (AvgIpc) is 3.21. The first-order valence-electron chi connectivity index (χ1n) is 10.9. The van der Waals surface area contributed by atoms with Gasteiger partial charge in [-0.2, -0.15) is 0 Å². The van der Waals surface area contributed by atoms with Crippen molar-refractivity contribution in [2.45, 2.75) is 44.4 Å². The molecule has 0 aliphatic rings. The van der Waals surface area contributed by atoms with Crippen LogP contribution in [0.5, 0.6) is 0 Å². The van der Waals surface area contributed by atoms with Crippen molar-refractivity contribution >= 4 is 40.9 Å². The monoisotopic (exact) mass is 497 g/mol. The predicted molar refractivity (Wildman–Crippen MR) is 137 cm³/mol. The van der Waals surface area contributed by atoms with Gasteiger partial charge < -0.3 is 15.2 Å². The largest absolute Gasteiger partial charge is 0.342 e. The Balaban J connectivity index is 1.69. The molecule has 0 saturated carbocycles. The Labute approximate surface area is 209 Å². The highest BCUT2D eigenvalue weighted by Gasteiger charge is 2.21. The second kappa shape index (κ2) is 11.9. The summed E-state index contributed by atoms with van der Waals surface area (Å²) in [6.07, 6.45) is 1.72. The number of nitrogens with one attached hydrogen (secondary N) is 2. The van der Waals surface area contributed by atoms with Crippen LogP contribution in [-0.4, -0.2) is 32.3 Å². The van der Waals surface area contributed by atoms with Gasteiger partial charge in [0.2, 0.25) is 5.91 Å². The Morgan fingerprint density at radius 2 is 1.82 bits per heavy atom. The molecule has 0 aliphatic carbocycles. The smallest absolute Gasteiger partial charge is 0.253 e. The number of hydrogen-bond acceptors (Lipinski definition) is 5. The summed E-state index contributed by atoms with van der Waals surface area (Å²) in [4.78, 5) is 25.3. The second-order valence-corrected chi connectivity index (χ2v) is 9.34. The van der Waals surface area contributed by atoms with Crippen LogP contribution in [0.4, 0.5) is 5.69 Å². The maximum absolute atomic E-state index is 12.7. The van der Waals surface area contributed by atoms with Gasteiger partial charge in [0, 0.05) is 12.2 Å². The number of aromatic nitrogens is 3. The molecule has 0 unspecified atom stereocenters. The minimum absolute atomic E-state index is 0.132. The maximum Gasteiger partial charge on any atom is 0.253 e. The highest BCUT2D eigenvalue weighted by molar-refractivity contribution is 7.99. The highest BCUT2D eigenvalue weighted by atomic mass is 35.5. The SMILES string of the molecule is C=CCn1c(SCC(=O)Nc2ccccc2C(C)C)nnc1[C@@H](C)NC(=O)c1ccccc1Cl. The third-order valence-electron chi connectivity index (χ3n) is 5.10. The quantitative estimate of drug-likeness (QED) is 0.286. The number of carbonyl (C=O) groups excluding carboxylic acids is 2. The zero-order valence-corrected chi connectivity index (χ0v) is 21.0. The molecule has 3 aromatic rings. The first kappa shape index (κ1) is 25.5. The Hall–Kier alpha value is -3.10. The number of hydrogen-bond donors (Lipinski definition) is 2. The zero-order valence-electron chi connectivity index (χ0n) is 19.4. The van der Waals surface area contributed by atoms with Gasteiger partial charge in [-0.3, -0.25) is 9.59 Å². The molecule has 2 N–H and O–H groups in total. The number of para-hydroxylation sites is 1. The fraction of sp³-hybridized carbons (Fsp3) is 0.280. The number of benzene rings is 2. The van der Waals surface area contributed by atoms with Crippen LogP contribution in [0.2, 0.25) is 5.02 Å². The maximum atomic E-state index is 12.7. The topological polar surface area (TPSA) is 88.9 Å². The number of nitrogens with zero attached hydrogens (tertiary/aromatic N) is 3. The van der Waals surface area contributed by atoms with E-state index in [0.29, 0.717) is 34.0 Å². The lowest BCUT2D eigenvalue weighted by Crippen LogP contribution is -2.29. The van der Waals surface area contributed by atoms with Crippen LogP contribution in [0.25, 0.3) is 0 Å². The molecule has 9 heteroatoms. The summed E-state index contributed by atoms with van der Waals surface area (Å²) in [5.74, 6) is 0.594. The fourth-order valence-corrected chi connectivity index (χ4v) is 4.42. The Morgan fingerprint density at radius 1 is 1.12 bits per heavy atom. The lowest BCUT2D eigenvalue weighted by atomic mass is 10.0.